The molecule has 0 aromatic heterocycles. The second-order valence-corrected chi connectivity index (χ2v) is 16.5. The van der Waals surface area contributed by atoms with Crippen LogP contribution in [0.4, 0.5) is 0 Å². The van der Waals surface area contributed by atoms with E-state index in [1.807, 2.05) is 0 Å². The molecule has 0 spiro atoms. The fourth-order valence-corrected chi connectivity index (χ4v) is 11.0. The van der Waals surface area contributed by atoms with Gasteiger partial charge in [0.05, 0.1) is 47.3 Å². The van der Waals surface area contributed by atoms with Gasteiger partial charge < -0.3 is 0 Å². The van der Waals surface area contributed by atoms with Crippen LogP contribution in [0.1, 0.15) is 45.9 Å². The third kappa shape index (κ3) is 5.45. The number of benzene rings is 3. The first-order valence-corrected chi connectivity index (χ1v) is 17.9. The van der Waals surface area contributed by atoms with Crippen LogP contribution in [0, 0.1) is 56.2 Å². The summed E-state index contributed by atoms with van der Waals surface area (Å²) >= 11 is 12.1. The van der Waals surface area contributed by atoms with Crippen molar-refractivity contribution in [2.75, 3.05) is 23.0 Å². The molecule has 2 aliphatic rings. The Balaban J connectivity index is 1.59. The standard InChI is InChI=1S/C32H24Cl2N4O4S2/c33-25-9-5-23(6-10-25)29-15-43(39,40)13-27(31(29,17-35)18-36)21-1-2-22(4-3-21)28-14-44(41,42)16-30(32(28,19-37)20-38)24-7-11-26(34)12-8-24/h1-12,27-30H,13-16H2. The summed E-state index contributed by atoms with van der Waals surface area (Å²) in [6.45, 7) is 0. The van der Waals surface area contributed by atoms with E-state index in [2.05, 4.69) is 24.3 Å². The molecular weight excluding hydrogens is 639 g/mol. The van der Waals surface area contributed by atoms with Crippen molar-refractivity contribution in [3.63, 3.8) is 0 Å². The predicted octanol–water partition coefficient (Wildman–Crippen LogP) is 5.65. The molecule has 4 unspecified atom stereocenters. The van der Waals surface area contributed by atoms with Crippen molar-refractivity contribution < 1.29 is 16.8 Å². The summed E-state index contributed by atoms with van der Waals surface area (Å²) in [6.07, 6.45) is 0. The van der Waals surface area contributed by atoms with Gasteiger partial charge >= 0.3 is 0 Å². The third-order valence-corrected chi connectivity index (χ3v) is 12.8. The average Bonchev–Trinajstić information content (AvgIpc) is 3.01. The number of hydrogen-bond acceptors (Lipinski definition) is 8. The topological polar surface area (TPSA) is 163 Å². The van der Waals surface area contributed by atoms with Gasteiger partial charge in [-0.05, 0) is 46.5 Å². The largest absolute Gasteiger partial charge is 0.229 e. The third-order valence-electron chi connectivity index (χ3n) is 8.91. The molecule has 2 saturated heterocycles. The molecule has 8 nitrogen and oxygen atoms in total. The lowest BCUT2D eigenvalue weighted by Gasteiger charge is -2.41. The summed E-state index contributed by atoms with van der Waals surface area (Å²) in [5, 5.41) is 42.4. The lowest BCUT2D eigenvalue weighted by Crippen LogP contribution is -2.46. The first-order chi connectivity index (χ1) is 20.8. The molecule has 12 heteroatoms. The molecule has 5 rings (SSSR count). The number of nitriles is 4. The Morgan fingerprint density at radius 2 is 0.682 bits per heavy atom. The second kappa shape index (κ2) is 11.6. The van der Waals surface area contributed by atoms with Gasteiger partial charge in [-0.15, -0.1) is 0 Å². The number of hydrogen-bond donors (Lipinski definition) is 0. The zero-order chi connectivity index (χ0) is 31.9. The van der Waals surface area contributed by atoms with Crippen LogP contribution in [0.5, 0.6) is 0 Å². The lowest BCUT2D eigenvalue weighted by atomic mass is 9.63. The summed E-state index contributed by atoms with van der Waals surface area (Å²) in [4.78, 5) is 0. The Labute approximate surface area is 266 Å². The molecule has 3 aromatic rings. The van der Waals surface area contributed by atoms with E-state index in [1.54, 1.807) is 72.8 Å². The van der Waals surface area contributed by atoms with Crippen molar-refractivity contribution in [3.8, 4) is 24.3 Å². The van der Waals surface area contributed by atoms with E-state index in [0.717, 1.165) is 0 Å². The van der Waals surface area contributed by atoms with Gasteiger partial charge in [0, 0.05) is 33.7 Å². The molecule has 0 N–H and O–H groups in total. The maximum atomic E-state index is 13.2. The maximum absolute atomic E-state index is 13.2. The van der Waals surface area contributed by atoms with E-state index in [4.69, 9.17) is 23.2 Å². The van der Waals surface area contributed by atoms with Crippen LogP contribution >= 0.6 is 23.2 Å². The van der Waals surface area contributed by atoms with Crippen LogP contribution in [0.25, 0.3) is 0 Å². The van der Waals surface area contributed by atoms with Crippen LogP contribution in [0.15, 0.2) is 72.8 Å². The summed E-state index contributed by atoms with van der Waals surface area (Å²) < 4.78 is 52.6. The van der Waals surface area contributed by atoms with Crippen LogP contribution in [0.3, 0.4) is 0 Å². The fraction of sp³-hybridized carbons (Fsp3) is 0.312. The summed E-state index contributed by atoms with van der Waals surface area (Å²) in [7, 11) is -7.40. The molecule has 2 heterocycles. The Bertz CT molecular complexity index is 1810. The molecule has 4 atom stereocenters. The average molecular weight is 664 g/mol. The monoisotopic (exact) mass is 662 g/mol. The van der Waals surface area contributed by atoms with Crippen LogP contribution in [-0.2, 0) is 19.7 Å². The van der Waals surface area contributed by atoms with E-state index in [9.17, 15) is 37.9 Å². The summed E-state index contributed by atoms with van der Waals surface area (Å²) in [6, 6.07) is 27.5. The van der Waals surface area contributed by atoms with Gasteiger partial charge in [0.15, 0.2) is 30.5 Å². The van der Waals surface area contributed by atoms with E-state index in [1.165, 1.54) is 0 Å². The van der Waals surface area contributed by atoms with E-state index in [-0.39, 0.29) is 11.5 Å². The normalized spacial score (nSPS) is 26.1. The van der Waals surface area contributed by atoms with Gasteiger partial charge in [-0.2, -0.15) is 21.0 Å². The van der Waals surface area contributed by atoms with Crippen LogP contribution in [0.2, 0.25) is 10.0 Å². The first-order valence-electron chi connectivity index (χ1n) is 13.5. The van der Waals surface area contributed by atoms with Crippen LogP contribution in [-0.4, -0.2) is 39.8 Å². The van der Waals surface area contributed by atoms with Gasteiger partial charge in [-0.3, -0.25) is 0 Å². The maximum Gasteiger partial charge on any atom is 0.159 e. The number of nitrogens with zero attached hydrogens (tertiary/aromatic N) is 4. The Hall–Kier alpha value is -3.90. The molecule has 0 saturated carbocycles. The van der Waals surface area contributed by atoms with Crippen molar-refractivity contribution in [1.82, 2.24) is 0 Å². The lowest BCUT2D eigenvalue weighted by molar-refractivity contribution is 0.347. The second-order valence-electron chi connectivity index (χ2n) is 11.3. The van der Waals surface area contributed by atoms with E-state index < -0.39 is 65.7 Å². The molecule has 2 aliphatic heterocycles. The number of halogens is 2. The van der Waals surface area contributed by atoms with Crippen LogP contribution < -0.4 is 0 Å². The highest BCUT2D eigenvalue weighted by molar-refractivity contribution is 7.91. The molecule has 0 bridgehead atoms. The Kier molecular flexibility index (Phi) is 8.27. The number of sulfone groups is 2. The van der Waals surface area contributed by atoms with Crippen molar-refractivity contribution in [2.45, 2.75) is 23.7 Å². The minimum absolute atomic E-state index is 0.386. The SMILES string of the molecule is N#CC1(C#N)C(c2ccc(Cl)cc2)CS(=O)(=O)CC1c1ccc(C2CS(=O)(=O)CC(c3ccc(Cl)cc3)C2(C#N)C#N)cc1. The van der Waals surface area contributed by atoms with E-state index >= 15 is 0 Å². The predicted molar refractivity (Wildman–Crippen MR) is 165 cm³/mol. The van der Waals surface area contributed by atoms with Crippen molar-refractivity contribution in [3.05, 3.63) is 105 Å². The van der Waals surface area contributed by atoms with Gasteiger partial charge in [0.25, 0.3) is 0 Å². The summed E-state index contributed by atoms with van der Waals surface area (Å²) in [5.74, 6) is -5.60. The highest BCUT2D eigenvalue weighted by Gasteiger charge is 2.56. The number of rotatable bonds is 4. The van der Waals surface area contributed by atoms with Gasteiger partial charge in [0.2, 0.25) is 0 Å². The molecule has 44 heavy (non-hydrogen) atoms. The zero-order valence-electron chi connectivity index (χ0n) is 23.1. The zero-order valence-corrected chi connectivity index (χ0v) is 26.2. The Morgan fingerprint density at radius 1 is 0.477 bits per heavy atom. The molecule has 2 fully saturated rings. The summed E-state index contributed by atoms with van der Waals surface area (Å²) in [5.41, 5.74) is -1.69. The van der Waals surface area contributed by atoms with E-state index in [0.29, 0.717) is 32.3 Å². The fourth-order valence-electron chi connectivity index (χ4n) is 6.62. The first kappa shape index (κ1) is 31.5. The molecule has 3 aromatic carbocycles. The molecule has 0 radical (unpaired) electrons. The minimum Gasteiger partial charge on any atom is -0.229 e. The smallest absolute Gasteiger partial charge is 0.159 e. The molecule has 0 aliphatic carbocycles. The molecule has 222 valence electrons. The Morgan fingerprint density at radius 3 is 0.886 bits per heavy atom. The van der Waals surface area contributed by atoms with Gasteiger partial charge in [-0.25, -0.2) is 16.8 Å². The van der Waals surface area contributed by atoms with Gasteiger partial charge in [0.1, 0.15) is 0 Å². The highest BCUT2D eigenvalue weighted by Crippen LogP contribution is 2.53. The van der Waals surface area contributed by atoms with Gasteiger partial charge in [-0.1, -0.05) is 71.7 Å². The molecular formula is C32H24Cl2N4O4S2. The quantitative estimate of drug-likeness (QED) is 0.346. The molecule has 0 amide bonds. The van der Waals surface area contributed by atoms with Crippen molar-refractivity contribution in [1.29, 1.82) is 21.0 Å². The van der Waals surface area contributed by atoms with Crippen molar-refractivity contribution in [2.24, 2.45) is 10.8 Å². The highest BCUT2D eigenvalue weighted by atomic mass is 35.5. The minimum atomic E-state index is -3.70. The van der Waals surface area contributed by atoms with Crippen molar-refractivity contribution >= 4 is 42.9 Å².